The largest absolute Gasteiger partial charge is 0.317 e. The lowest BCUT2D eigenvalue weighted by molar-refractivity contribution is 0.467. The van der Waals surface area contributed by atoms with Crippen molar-refractivity contribution in [2.75, 3.05) is 13.1 Å². The molecule has 0 aliphatic carbocycles. The van der Waals surface area contributed by atoms with E-state index in [4.69, 9.17) is 0 Å². The molecule has 1 aromatic rings. The lowest BCUT2D eigenvalue weighted by atomic mass is 9.96. The minimum atomic E-state index is 0.770. The van der Waals surface area contributed by atoms with Crippen LogP contribution in [0.3, 0.4) is 0 Å². The molecule has 0 aromatic heterocycles. The first-order valence-corrected chi connectivity index (χ1v) is 6.02. The molecule has 0 spiro atoms. The molecule has 0 fully saturated rings. The Labute approximate surface area is 93.9 Å². The highest BCUT2D eigenvalue weighted by molar-refractivity contribution is 5.22. The van der Waals surface area contributed by atoms with Crippen molar-refractivity contribution < 1.29 is 0 Å². The summed E-state index contributed by atoms with van der Waals surface area (Å²) in [4.78, 5) is 0. The van der Waals surface area contributed by atoms with Crippen LogP contribution in [0.2, 0.25) is 0 Å². The molecule has 1 unspecified atom stereocenters. The highest BCUT2D eigenvalue weighted by atomic mass is 14.8. The molecule has 1 atom stereocenters. The first-order valence-electron chi connectivity index (χ1n) is 6.02. The molecule has 0 saturated heterocycles. The Morgan fingerprint density at radius 3 is 2.67 bits per heavy atom. The van der Waals surface area contributed by atoms with Gasteiger partial charge >= 0.3 is 0 Å². The first kappa shape index (κ1) is 12.3. The Balaban J connectivity index is 2.50. The summed E-state index contributed by atoms with van der Waals surface area (Å²) < 4.78 is 0. The van der Waals surface area contributed by atoms with E-state index in [-0.39, 0.29) is 0 Å². The summed E-state index contributed by atoms with van der Waals surface area (Å²) in [5.41, 5.74) is 2.84. The van der Waals surface area contributed by atoms with Crippen LogP contribution in [0.15, 0.2) is 24.3 Å². The molecule has 0 heterocycles. The van der Waals surface area contributed by atoms with Gasteiger partial charge in [0.1, 0.15) is 0 Å². The minimum absolute atomic E-state index is 0.770. The molecule has 0 aliphatic heterocycles. The predicted molar refractivity (Wildman–Crippen MR) is 67.2 cm³/mol. The second-order valence-electron chi connectivity index (χ2n) is 4.28. The molecule has 15 heavy (non-hydrogen) atoms. The van der Waals surface area contributed by atoms with E-state index < -0.39 is 0 Å². The molecular weight excluding hydrogens is 182 g/mol. The maximum Gasteiger partial charge on any atom is -0.00176 e. The fourth-order valence-corrected chi connectivity index (χ4v) is 1.88. The average Bonchev–Trinajstić information content (AvgIpc) is 2.24. The van der Waals surface area contributed by atoms with E-state index in [0.29, 0.717) is 0 Å². The third-order valence-electron chi connectivity index (χ3n) is 2.87. The predicted octanol–water partition coefficient (Wildman–Crippen LogP) is 3.17. The third-order valence-corrected chi connectivity index (χ3v) is 2.87. The average molecular weight is 205 g/mol. The van der Waals surface area contributed by atoms with E-state index in [1.807, 2.05) is 0 Å². The highest BCUT2D eigenvalue weighted by Gasteiger charge is 2.06. The van der Waals surface area contributed by atoms with Crippen molar-refractivity contribution in [2.24, 2.45) is 5.92 Å². The van der Waals surface area contributed by atoms with Crippen molar-refractivity contribution in [2.45, 2.75) is 33.6 Å². The molecule has 1 rings (SSSR count). The van der Waals surface area contributed by atoms with Crippen molar-refractivity contribution in [3.8, 4) is 0 Å². The number of aryl methyl sites for hydroxylation is 1. The lowest BCUT2D eigenvalue weighted by Gasteiger charge is -2.15. The molecule has 0 amide bonds. The Hall–Kier alpha value is -0.820. The summed E-state index contributed by atoms with van der Waals surface area (Å²) in [7, 11) is 0. The molecule has 0 aliphatic rings. The van der Waals surface area contributed by atoms with Gasteiger partial charge in [0.05, 0.1) is 0 Å². The normalized spacial score (nSPS) is 12.7. The summed E-state index contributed by atoms with van der Waals surface area (Å²) in [5.74, 6) is 0.770. The van der Waals surface area contributed by atoms with Crippen LogP contribution in [-0.4, -0.2) is 13.1 Å². The van der Waals surface area contributed by atoms with Crippen molar-refractivity contribution in [1.82, 2.24) is 5.32 Å². The van der Waals surface area contributed by atoms with Gasteiger partial charge in [-0.3, -0.25) is 0 Å². The van der Waals surface area contributed by atoms with E-state index in [1.165, 1.54) is 24.0 Å². The number of rotatable bonds is 6. The van der Waals surface area contributed by atoms with Crippen LogP contribution in [0.5, 0.6) is 0 Å². The zero-order valence-electron chi connectivity index (χ0n) is 10.2. The van der Waals surface area contributed by atoms with Crippen LogP contribution < -0.4 is 5.32 Å². The van der Waals surface area contributed by atoms with E-state index >= 15 is 0 Å². The summed E-state index contributed by atoms with van der Waals surface area (Å²) >= 11 is 0. The van der Waals surface area contributed by atoms with Gasteiger partial charge in [-0.05, 0) is 37.9 Å². The van der Waals surface area contributed by atoms with E-state index in [1.54, 1.807) is 0 Å². The minimum Gasteiger partial charge on any atom is -0.317 e. The van der Waals surface area contributed by atoms with Gasteiger partial charge in [0.15, 0.2) is 0 Å². The van der Waals surface area contributed by atoms with Gasteiger partial charge in [-0.2, -0.15) is 0 Å². The van der Waals surface area contributed by atoms with Gasteiger partial charge in [0, 0.05) is 0 Å². The van der Waals surface area contributed by atoms with Gasteiger partial charge in [0.25, 0.3) is 0 Å². The fraction of sp³-hybridized carbons (Fsp3) is 0.571. The zero-order chi connectivity index (χ0) is 11.1. The molecule has 0 radical (unpaired) electrons. The van der Waals surface area contributed by atoms with Crippen LogP contribution in [-0.2, 0) is 6.42 Å². The van der Waals surface area contributed by atoms with Gasteiger partial charge in [-0.15, -0.1) is 0 Å². The number of benzene rings is 1. The summed E-state index contributed by atoms with van der Waals surface area (Å²) in [5, 5.41) is 3.43. The van der Waals surface area contributed by atoms with Crippen molar-refractivity contribution in [3.63, 3.8) is 0 Å². The second-order valence-corrected chi connectivity index (χ2v) is 4.28. The maximum atomic E-state index is 3.43. The Morgan fingerprint density at radius 1 is 1.27 bits per heavy atom. The Bertz CT molecular complexity index is 280. The number of hydrogen-bond donors (Lipinski definition) is 1. The van der Waals surface area contributed by atoms with Gasteiger partial charge < -0.3 is 5.32 Å². The van der Waals surface area contributed by atoms with Crippen LogP contribution >= 0.6 is 0 Å². The highest BCUT2D eigenvalue weighted by Crippen LogP contribution is 2.12. The molecule has 84 valence electrons. The molecule has 1 aromatic carbocycles. The van der Waals surface area contributed by atoms with Crippen LogP contribution in [0.25, 0.3) is 0 Å². The smallest absolute Gasteiger partial charge is 0.00176 e. The van der Waals surface area contributed by atoms with E-state index in [0.717, 1.165) is 19.0 Å². The van der Waals surface area contributed by atoms with E-state index in [2.05, 4.69) is 50.4 Å². The summed E-state index contributed by atoms with van der Waals surface area (Å²) in [6, 6.07) is 8.86. The third kappa shape index (κ3) is 4.48. The Kier molecular flexibility index (Phi) is 5.41. The molecule has 1 nitrogen and oxygen atoms in total. The SMILES string of the molecule is CCNCC(CC)Cc1cccc(C)c1. The van der Waals surface area contributed by atoms with Gasteiger partial charge in [-0.25, -0.2) is 0 Å². The number of nitrogens with one attached hydrogen (secondary N) is 1. The summed E-state index contributed by atoms with van der Waals surface area (Å²) in [6.45, 7) is 8.82. The second kappa shape index (κ2) is 6.62. The van der Waals surface area contributed by atoms with Crippen molar-refractivity contribution in [3.05, 3.63) is 35.4 Å². The molecule has 0 bridgehead atoms. The lowest BCUT2D eigenvalue weighted by Crippen LogP contribution is -2.23. The zero-order valence-corrected chi connectivity index (χ0v) is 10.2. The maximum absolute atomic E-state index is 3.43. The van der Waals surface area contributed by atoms with Crippen LogP contribution in [0, 0.1) is 12.8 Å². The molecular formula is C14H23N. The quantitative estimate of drug-likeness (QED) is 0.752. The van der Waals surface area contributed by atoms with Gasteiger partial charge in [0.2, 0.25) is 0 Å². The molecule has 1 N–H and O–H groups in total. The first-order chi connectivity index (χ1) is 7.26. The molecule has 0 saturated carbocycles. The van der Waals surface area contributed by atoms with Crippen LogP contribution in [0.4, 0.5) is 0 Å². The van der Waals surface area contributed by atoms with Crippen molar-refractivity contribution in [1.29, 1.82) is 0 Å². The molecule has 1 heteroatoms. The Morgan fingerprint density at radius 2 is 2.07 bits per heavy atom. The number of hydrogen-bond acceptors (Lipinski definition) is 1. The van der Waals surface area contributed by atoms with Crippen LogP contribution in [0.1, 0.15) is 31.4 Å². The van der Waals surface area contributed by atoms with E-state index in [9.17, 15) is 0 Å². The monoisotopic (exact) mass is 205 g/mol. The summed E-state index contributed by atoms with van der Waals surface area (Å²) in [6.07, 6.45) is 2.45. The topological polar surface area (TPSA) is 12.0 Å². The standard InChI is InChI=1S/C14H23N/c1-4-13(11-15-5-2)10-14-8-6-7-12(3)9-14/h6-9,13,15H,4-5,10-11H2,1-3H3. The van der Waals surface area contributed by atoms with Gasteiger partial charge in [-0.1, -0.05) is 50.1 Å². The van der Waals surface area contributed by atoms with Crippen molar-refractivity contribution >= 4 is 0 Å². The fourth-order valence-electron chi connectivity index (χ4n) is 1.88.